The van der Waals surface area contributed by atoms with Crippen molar-refractivity contribution in [3.05, 3.63) is 23.9 Å². The van der Waals surface area contributed by atoms with Crippen molar-refractivity contribution in [2.24, 2.45) is 11.1 Å². The van der Waals surface area contributed by atoms with Crippen LogP contribution in [0.1, 0.15) is 55.8 Å². The summed E-state index contributed by atoms with van der Waals surface area (Å²) in [6.45, 7) is 2.00. The lowest BCUT2D eigenvalue weighted by molar-refractivity contribution is -0.140. The maximum absolute atomic E-state index is 12.4. The second kappa shape index (κ2) is 6.51. The summed E-state index contributed by atoms with van der Waals surface area (Å²) in [7, 11) is 0. The Morgan fingerprint density at radius 3 is 2.78 bits per heavy atom. The van der Waals surface area contributed by atoms with Gasteiger partial charge in [-0.25, -0.2) is 9.78 Å². The molecule has 0 radical (unpaired) electrons. The Morgan fingerprint density at radius 1 is 1.37 bits per heavy atom. The number of hydrogen-bond donors (Lipinski definition) is 2. The third kappa shape index (κ3) is 3.02. The molecule has 1 saturated heterocycles. The van der Waals surface area contributed by atoms with Gasteiger partial charge in [-0.15, -0.1) is 0 Å². The highest BCUT2D eigenvalue weighted by Gasteiger charge is 2.58. The minimum atomic E-state index is -0.559. The molecule has 1 aromatic heterocycles. The first kappa shape index (κ1) is 17.8. The topological polar surface area (TPSA) is 115 Å². The molecule has 1 atom stereocenters. The van der Waals surface area contributed by atoms with Crippen molar-refractivity contribution in [3.63, 3.8) is 0 Å². The van der Waals surface area contributed by atoms with Gasteiger partial charge in [0, 0.05) is 12.2 Å². The van der Waals surface area contributed by atoms with Gasteiger partial charge in [0.05, 0.1) is 0 Å². The van der Waals surface area contributed by atoms with Crippen molar-refractivity contribution in [1.82, 2.24) is 15.2 Å². The minimum absolute atomic E-state index is 0.0173. The molecule has 27 heavy (non-hydrogen) atoms. The predicted molar refractivity (Wildman–Crippen MR) is 95.9 cm³/mol. The quantitative estimate of drug-likeness (QED) is 0.736. The number of carbonyl (C=O) groups excluding carboxylic acids is 3. The number of pyridine rings is 1. The average molecular weight is 372 g/mol. The first-order valence-electron chi connectivity index (χ1n) is 9.47. The smallest absolute Gasteiger partial charge is 0.325 e. The summed E-state index contributed by atoms with van der Waals surface area (Å²) in [4.78, 5) is 41.6. The van der Waals surface area contributed by atoms with Crippen LogP contribution in [0, 0.1) is 5.41 Å². The van der Waals surface area contributed by atoms with Crippen molar-refractivity contribution >= 4 is 17.8 Å². The van der Waals surface area contributed by atoms with Crippen LogP contribution >= 0.6 is 0 Å². The third-order valence-electron chi connectivity index (χ3n) is 5.97. The summed E-state index contributed by atoms with van der Waals surface area (Å²) in [5, 5.41) is 2.79. The zero-order valence-corrected chi connectivity index (χ0v) is 15.3. The van der Waals surface area contributed by atoms with Crippen LogP contribution in [0.15, 0.2) is 18.3 Å². The Hall–Kier alpha value is -2.64. The van der Waals surface area contributed by atoms with E-state index in [4.69, 9.17) is 10.5 Å². The average Bonchev–Trinajstić information content (AvgIpc) is 2.83. The lowest BCUT2D eigenvalue weighted by atomic mass is 9.52. The fourth-order valence-electron chi connectivity index (χ4n) is 4.65. The maximum atomic E-state index is 12.4. The van der Waals surface area contributed by atoms with Gasteiger partial charge in [0.15, 0.2) is 0 Å². The summed E-state index contributed by atoms with van der Waals surface area (Å²) < 4.78 is 5.85. The van der Waals surface area contributed by atoms with E-state index in [1.165, 1.54) is 4.90 Å². The van der Waals surface area contributed by atoms with Gasteiger partial charge in [-0.3, -0.25) is 14.5 Å². The number of carbonyl (C=O) groups is 3. The number of nitrogens with two attached hydrogens (primary N) is 1. The number of ether oxygens (including phenoxy) is 1. The van der Waals surface area contributed by atoms with Gasteiger partial charge in [0.1, 0.15) is 17.7 Å². The zero-order chi connectivity index (χ0) is 19.2. The first-order valence-corrected chi connectivity index (χ1v) is 9.47. The monoisotopic (exact) mass is 372 g/mol. The van der Waals surface area contributed by atoms with E-state index in [0.717, 1.165) is 32.1 Å². The Balaban J connectivity index is 1.31. The molecule has 3 aliphatic rings. The Labute approximate surface area is 157 Å². The number of amides is 4. The highest BCUT2D eigenvalue weighted by Crippen LogP contribution is 2.58. The number of rotatable bonds is 6. The van der Waals surface area contributed by atoms with E-state index in [2.05, 4.69) is 10.3 Å². The lowest BCUT2D eigenvalue weighted by Crippen LogP contribution is -2.60. The fraction of sp³-hybridized carbons (Fsp3) is 0.579. The van der Waals surface area contributed by atoms with Gasteiger partial charge in [-0.2, -0.15) is 0 Å². The van der Waals surface area contributed by atoms with Crippen LogP contribution in [-0.2, 0) is 4.79 Å². The highest BCUT2D eigenvalue weighted by molar-refractivity contribution is 6.04. The lowest BCUT2D eigenvalue weighted by Gasteiger charge is -2.58. The van der Waals surface area contributed by atoms with Gasteiger partial charge in [-0.1, -0.05) is 13.3 Å². The fourth-order valence-corrected chi connectivity index (χ4v) is 4.65. The molecular weight excluding hydrogens is 348 g/mol. The summed E-state index contributed by atoms with van der Waals surface area (Å²) in [6, 6.07) is 2.60. The van der Waals surface area contributed by atoms with Crippen LogP contribution in [-0.4, -0.2) is 45.9 Å². The van der Waals surface area contributed by atoms with E-state index in [9.17, 15) is 14.4 Å². The summed E-state index contributed by atoms with van der Waals surface area (Å²) in [5.74, 6) is -0.373. The van der Waals surface area contributed by atoms with E-state index in [1.807, 2.05) is 6.92 Å². The number of aromatic nitrogens is 1. The van der Waals surface area contributed by atoms with Gasteiger partial charge >= 0.3 is 6.03 Å². The van der Waals surface area contributed by atoms with E-state index >= 15 is 0 Å². The molecule has 2 aliphatic carbocycles. The summed E-state index contributed by atoms with van der Waals surface area (Å²) in [6.07, 6.45) is 6.39. The number of nitrogens with zero attached hydrogens (tertiary/aromatic N) is 2. The molecule has 0 unspecified atom stereocenters. The molecule has 0 aromatic carbocycles. The molecular formula is C19H24N4O4. The SMILES string of the molecule is CCC[C@@H]1NC(=O)N(C2CC3(CC(Oc4ncccc4C(N)=O)C3)C2)C1=O. The highest BCUT2D eigenvalue weighted by atomic mass is 16.5. The van der Waals surface area contributed by atoms with Gasteiger partial charge in [0.25, 0.3) is 11.8 Å². The molecule has 1 spiro atoms. The number of primary amides is 1. The second-order valence-electron chi connectivity index (χ2n) is 7.93. The molecule has 1 aliphatic heterocycles. The number of nitrogens with one attached hydrogen (secondary N) is 1. The molecule has 144 valence electrons. The van der Waals surface area contributed by atoms with Crippen molar-refractivity contribution < 1.29 is 19.1 Å². The van der Waals surface area contributed by atoms with Crippen molar-refractivity contribution in [3.8, 4) is 5.88 Å². The van der Waals surface area contributed by atoms with Gasteiger partial charge in [-0.05, 0) is 49.7 Å². The Morgan fingerprint density at radius 2 is 2.11 bits per heavy atom. The Bertz CT molecular complexity index is 782. The van der Waals surface area contributed by atoms with Crippen LogP contribution in [0.4, 0.5) is 4.79 Å². The second-order valence-corrected chi connectivity index (χ2v) is 7.93. The molecule has 4 rings (SSSR count). The minimum Gasteiger partial charge on any atom is -0.474 e. The number of hydrogen-bond acceptors (Lipinski definition) is 5. The van der Waals surface area contributed by atoms with Crippen LogP contribution in [0.2, 0.25) is 0 Å². The first-order chi connectivity index (χ1) is 12.9. The third-order valence-corrected chi connectivity index (χ3v) is 5.97. The normalized spacial score (nSPS) is 32.0. The Kier molecular flexibility index (Phi) is 4.28. The van der Waals surface area contributed by atoms with Crippen LogP contribution in [0.3, 0.4) is 0 Å². The number of urea groups is 1. The van der Waals surface area contributed by atoms with Gasteiger partial charge in [0.2, 0.25) is 5.88 Å². The van der Waals surface area contributed by atoms with Gasteiger partial charge < -0.3 is 15.8 Å². The molecule has 8 nitrogen and oxygen atoms in total. The van der Waals surface area contributed by atoms with E-state index in [0.29, 0.717) is 6.42 Å². The molecule has 0 bridgehead atoms. The number of imide groups is 1. The van der Waals surface area contributed by atoms with Crippen molar-refractivity contribution in [2.75, 3.05) is 0 Å². The molecule has 3 fully saturated rings. The zero-order valence-electron chi connectivity index (χ0n) is 15.3. The largest absolute Gasteiger partial charge is 0.474 e. The molecule has 1 aromatic rings. The van der Waals surface area contributed by atoms with Crippen molar-refractivity contribution in [2.45, 2.75) is 63.6 Å². The summed E-state index contributed by atoms with van der Waals surface area (Å²) in [5.41, 5.74) is 5.76. The molecule has 4 amide bonds. The van der Waals surface area contributed by atoms with E-state index < -0.39 is 5.91 Å². The van der Waals surface area contributed by atoms with Crippen LogP contribution < -0.4 is 15.8 Å². The molecule has 8 heteroatoms. The van der Waals surface area contributed by atoms with E-state index in [-0.39, 0.29) is 47.0 Å². The maximum Gasteiger partial charge on any atom is 0.325 e. The molecule has 2 saturated carbocycles. The van der Waals surface area contributed by atoms with Crippen LogP contribution in [0.25, 0.3) is 0 Å². The predicted octanol–water partition coefficient (Wildman–Crippen LogP) is 1.59. The molecule has 3 N–H and O–H groups in total. The summed E-state index contributed by atoms with van der Waals surface area (Å²) >= 11 is 0. The van der Waals surface area contributed by atoms with Crippen molar-refractivity contribution in [1.29, 1.82) is 0 Å². The standard InChI is InChI=1S/C19H24N4O4/c1-2-4-14-17(25)23(18(26)22-14)11-7-19(8-11)9-12(10-19)27-16-13(15(20)24)5-3-6-21-16/h3,5-6,11-12,14H,2,4,7-10H2,1H3,(H2,20,24)(H,22,26)/t11?,12?,14-,19?/m0/s1. The van der Waals surface area contributed by atoms with Crippen LogP contribution in [0.5, 0.6) is 5.88 Å². The molecule has 2 heterocycles. The van der Waals surface area contributed by atoms with E-state index in [1.54, 1.807) is 18.3 Å².